The first-order chi connectivity index (χ1) is 18.0. The van der Waals surface area contributed by atoms with Crippen LogP contribution in [-0.2, 0) is 4.79 Å². The van der Waals surface area contributed by atoms with Crippen molar-refractivity contribution in [2.24, 2.45) is 0 Å². The maximum Gasteiger partial charge on any atom is 0.318 e. The van der Waals surface area contributed by atoms with Crippen LogP contribution in [0.15, 0.2) is 65.6 Å². The van der Waals surface area contributed by atoms with Crippen LogP contribution in [0.3, 0.4) is 0 Å². The number of ether oxygens (including phenoxy) is 1. The standard InChI is InChI=1S/C24H15ClN4O7S2/c1-13-2-8-17(18(25)10-13)22(30)26-27-23(31)21(38-24(27)37)11-14-3-6-16(7-4-14)36-20-9-5-15(28(32)33)12-19(20)29(34)35/h2-12H,1H3,(H,26,30)/b21-11+. The molecule has 0 aliphatic carbocycles. The van der Waals surface area contributed by atoms with Crippen LogP contribution in [0.4, 0.5) is 11.4 Å². The molecule has 0 unspecified atom stereocenters. The van der Waals surface area contributed by atoms with E-state index in [1.54, 1.807) is 36.4 Å². The molecule has 1 aliphatic rings. The number of nitro benzene ring substituents is 2. The summed E-state index contributed by atoms with van der Waals surface area (Å²) in [6.45, 7) is 1.83. The van der Waals surface area contributed by atoms with Gasteiger partial charge in [0, 0.05) is 6.07 Å². The topological polar surface area (TPSA) is 145 Å². The van der Waals surface area contributed by atoms with Crippen molar-refractivity contribution >= 4 is 69.2 Å². The van der Waals surface area contributed by atoms with Gasteiger partial charge >= 0.3 is 5.69 Å². The zero-order chi connectivity index (χ0) is 27.6. The summed E-state index contributed by atoms with van der Waals surface area (Å²) in [6.07, 6.45) is 1.56. The number of hydrazine groups is 1. The Kier molecular flexibility index (Phi) is 7.71. The number of hydrogen-bond donors (Lipinski definition) is 1. The fraction of sp³-hybridized carbons (Fsp3) is 0.0417. The Morgan fingerprint density at radius 2 is 1.79 bits per heavy atom. The monoisotopic (exact) mass is 570 g/mol. The van der Waals surface area contributed by atoms with Gasteiger partial charge in [-0.2, -0.15) is 5.01 Å². The van der Waals surface area contributed by atoms with E-state index in [2.05, 4.69) is 5.43 Å². The Bertz CT molecular complexity index is 1540. The molecule has 1 fully saturated rings. The zero-order valence-electron chi connectivity index (χ0n) is 19.2. The third-order valence-electron chi connectivity index (χ3n) is 5.13. The Hall–Kier alpha value is -4.33. The number of carbonyl (C=O) groups excluding carboxylic acids is 2. The molecule has 11 nitrogen and oxygen atoms in total. The van der Waals surface area contributed by atoms with E-state index >= 15 is 0 Å². The third kappa shape index (κ3) is 5.80. The van der Waals surface area contributed by atoms with Gasteiger partial charge in [-0.25, -0.2) is 0 Å². The lowest BCUT2D eigenvalue weighted by Gasteiger charge is -2.16. The van der Waals surface area contributed by atoms with E-state index in [0.29, 0.717) is 5.56 Å². The summed E-state index contributed by atoms with van der Waals surface area (Å²) in [5, 5.41) is 23.4. The molecule has 0 saturated carbocycles. The van der Waals surface area contributed by atoms with Gasteiger partial charge in [-0.05, 0) is 66.7 Å². The van der Waals surface area contributed by atoms with Crippen LogP contribution in [0.5, 0.6) is 11.5 Å². The molecule has 1 aliphatic heterocycles. The number of thiocarbonyl (C=S) groups is 1. The summed E-state index contributed by atoms with van der Waals surface area (Å²) in [6, 6.07) is 14.2. The number of halogens is 1. The van der Waals surface area contributed by atoms with Crippen molar-refractivity contribution in [2.75, 3.05) is 0 Å². The molecule has 38 heavy (non-hydrogen) atoms. The first kappa shape index (κ1) is 26.7. The smallest absolute Gasteiger partial charge is 0.318 e. The number of nitro groups is 2. The predicted molar refractivity (Wildman–Crippen MR) is 145 cm³/mol. The van der Waals surface area contributed by atoms with E-state index in [0.717, 1.165) is 40.5 Å². The second-order valence-electron chi connectivity index (χ2n) is 7.78. The van der Waals surface area contributed by atoms with Gasteiger partial charge in [0.15, 0.2) is 4.32 Å². The Balaban J connectivity index is 1.47. The number of amides is 2. The van der Waals surface area contributed by atoms with E-state index in [1.807, 2.05) is 6.92 Å². The minimum absolute atomic E-state index is 0.128. The molecule has 3 aromatic carbocycles. The number of aryl methyl sites for hydroxylation is 1. The maximum atomic E-state index is 12.9. The second kappa shape index (κ2) is 11.0. The summed E-state index contributed by atoms with van der Waals surface area (Å²) >= 11 is 12.4. The fourth-order valence-corrected chi connectivity index (χ4v) is 4.79. The minimum atomic E-state index is -0.774. The highest BCUT2D eigenvalue weighted by Crippen LogP contribution is 2.35. The average Bonchev–Trinajstić information content (AvgIpc) is 3.12. The van der Waals surface area contributed by atoms with Gasteiger partial charge in [0.25, 0.3) is 17.5 Å². The van der Waals surface area contributed by atoms with Gasteiger partial charge in [0.1, 0.15) is 5.75 Å². The summed E-state index contributed by atoms with van der Waals surface area (Å²) in [4.78, 5) is 46.5. The minimum Gasteiger partial charge on any atom is -0.450 e. The van der Waals surface area contributed by atoms with Crippen LogP contribution < -0.4 is 10.2 Å². The van der Waals surface area contributed by atoms with Crippen molar-refractivity contribution in [3.8, 4) is 11.5 Å². The quantitative estimate of drug-likeness (QED) is 0.161. The fourth-order valence-electron chi connectivity index (χ4n) is 3.29. The third-order valence-corrected chi connectivity index (χ3v) is 6.75. The summed E-state index contributed by atoms with van der Waals surface area (Å²) in [5.41, 5.74) is 3.14. The van der Waals surface area contributed by atoms with Crippen LogP contribution in [0.2, 0.25) is 5.02 Å². The van der Waals surface area contributed by atoms with E-state index in [-0.39, 0.29) is 31.3 Å². The number of benzene rings is 3. The number of carbonyl (C=O) groups is 2. The molecule has 1 N–H and O–H groups in total. The average molecular weight is 571 g/mol. The molecule has 0 radical (unpaired) electrons. The number of nitrogens with one attached hydrogen (secondary N) is 1. The van der Waals surface area contributed by atoms with Crippen LogP contribution in [0, 0.1) is 27.2 Å². The number of nitrogens with zero attached hydrogens (tertiary/aromatic N) is 3. The highest BCUT2D eigenvalue weighted by Gasteiger charge is 2.34. The van der Waals surface area contributed by atoms with Gasteiger partial charge in [-0.15, -0.1) is 0 Å². The summed E-state index contributed by atoms with van der Waals surface area (Å²) in [5.74, 6) is -1.06. The van der Waals surface area contributed by atoms with Crippen molar-refractivity contribution < 1.29 is 24.2 Å². The number of rotatable bonds is 7. The maximum absolute atomic E-state index is 12.9. The van der Waals surface area contributed by atoms with E-state index in [1.165, 1.54) is 12.1 Å². The highest BCUT2D eigenvalue weighted by molar-refractivity contribution is 8.26. The lowest BCUT2D eigenvalue weighted by Crippen LogP contribution is -2.44. The molecular weight excluding hydrogens is 556 g/mol. The first-order valence-corrected chi connectivity index (χ1v) is 12.2. The lowest BCUT2D eigenvalue weighted by molar-refractivity contribution is -0.394. The van der Waals surface area contributed by atoms with Crippen molar-refractivity contribution in [3.63, 3.8) is 0 Å². The van der Waals surface area contributed by atoms with Crippen LogP contribution in [-0.4, -0.2) is 31.0 Å². The van der Waals surface area contributed by atoms with Gasteiger partial charge in [-0.1, -0.05) is 41.6 Å². The Labute approximate surface area is 229 Å². The largest absolute Gasteiger partial charge is 0.450 e. The molecule has 14 heteroatoms. The molecule has 0 atom stereocenters. The van der Waals surface area contributed by atoms with Crippen LogP contribution in [0.1, 0.15) is 21.5 Å². The predicted octanol–water partition coefficient (Wildman–Crippen LogP) is 5.80. The summed E-state index contributed by atoms with van der Waals surface area (Å²) < 4.78 is 5.67. The Morgan fingerprint density at radius 1 is 1.08 bits per heavy atom. The lowest BCUT2D eigenvalue weighted by atomic mass is 10.1. The van der Waals surface area contributed by atoms with E-state index in [9.17, 15) is 29.8 Å². The molecule has 0 spiro atoms. The molecule has 192 valence electrons. The number of thioether (sulfide) groups is 1. The SMILES string of the molecule is Cc1ccc(C(=O)NN2C(=O)/C(=C\c3ccc(Oc4ccc([N+](=O)[O-])cc4[N+](=O)[O-])cc3)SC2=S)c(Cl)c1. The molecule has 0 bridgehead atoms. The van der Waals surface area contributed by atoms with Gasteiger partial charge in [0.05, 0.1) is 31.4 Å². The number of non-ortho nitro benzene ring substituents is 1. The van der Waals surface area contributed by atoms with Crippen LogP contribution in [0.25, 0.3) is 6.08 Å². The molecule has 3 aromatic rings. The highest BCUT2D eigenvalue weighted by atomic mass is 35.5. The normalized spacial score (nSPS) is 14.1. The zero-order valence-corrected chi connectivity index (χ0v) is 21.6. The van der Waals surface area contributed by atoms with Crippen molar-refractivity contribution in [2.45, 2.75) is 6.92 Å². The van der Waals surface area contributed by atoms with Crippen molar-refractivity contribution in [1.82, 2.24) is 10.4 Å². The van der Waals surface area contributed by atoms with Crippen LogP contribution >= 0.6 is 35.6 Å². The summed E-state index contributed by atoms with van der Waals surface area (Å²) in [7, 11) is 0. The van der Waals surface area contributed by atoms with E-state index in [4.69, 9.17) is 28.6 Å². The van der Waals surface area contributed by atoms with Gasteiger partial charge in [-0.3, -0.25) is 35.2 Å². The molecule has 0 aromatic heterocycles. The Morgan fingerprint density at radius 3 is 2.42 bits per heavy atom. The first-order valence-electron chi connectivity index (χ1n) is 10.6. The molecule has 1 saturated heterocycles. The molecule has 2 amide bonds. The van der Waals surface area contributed by atoms with Gasteiger partial charge < -0.3 is 4.74 Å². The number of hydrogen-bond acceptors (Lipinski definition) is 9. The van der Waals surface area contributed by atoms with Crippen molar-refractivity contribution in [1.29, 1.82) is 0 Å². The second-order valence-corrected chi connectivity index (χ2v) is 9.86. The molecule has 1 heterocycles. The van der Waals surface area contributed by atoms with Crippen molar-refractivity contribution in [3.05, 3.63) is 108 Å². The molecular formula is C24H15ClN4O7S2. The van der Waals surface area contributed by atoms with Gasteiger partial charge in [0.2, 0.25) is 5.75 Å². The molecule has 4 rings (SSSR count). The van der Waals surface area contributed by atoms with E-state index < -0.39 is 33.0 Å².